The van der Waals surface area contributed by atoms with Gasteiger partial charge >= 0.3 is 0 Å². The molecule has 0 radical (unpaired) electrons. The van der Waals surface area contributed by atoms with Gasteiger partial charge in [-0.3, -0.25) is 4.79 Å². The van der Waals surface area contributed by atoms with Crippen LogP contribution in [0.25, 0.3) is 0 Å². The van der Waals surface area contributed by atoms with Gasteiger partial charge in [0.05, 0.1) is 30.4 Å². The minimum atomic E-state index is -3.56. The molecule has 0 unspecified atom stereocenters. The number of ether oxygens (including phenoxy) is 2. The summed E-state index contributed by atoms with van der Waals surface area (Å²) in [6, 6.07) is 12.9. The number of benzene rings is 2. The predicted octanol–water partition coefficient (Wildman–Crippen LogP) is 2.10. The summed E-state index contributed by atoms with van der Waals surface area (Å²) >= 11 is 5.87. The third-order valence-corrected chi connectivity index (χ3v) is 10.6. The minimum absolute atomic E-state index is 0.0987. The van der Waals surface area contributed by atoms with Gasteiger partial charge in [-0.05, 0) is 54.8 Å². The standard InChI is InChI=1S/C25H32ClN3O7S2/c26-22-3-1-20(2-4-22)19-37(31,32)28-12-9-21(10-13-28)25(30)27-11-16-36-23-5-7-24(8-6-23)38(33,34)29-14-17-35-18-15-29/h1-8,21H,9-19H2,(H,27,30). The molecule has 2 saturated heterocycles. The summed E-state index contributed by atoms with van der Waals surface area (Å²) < 4.78 is 64.6. The average Bonchev–Trinajstić information content (AvgIpc) is 2.93. The molecule has 1 amide bonds. The summed E-state index contributed by atoms with van der Waals surface area (Å²) in [4.78, 5) is 12.8. The molecule has 2 aliphatic heterocycles. The van der Waals surface area contributed by atoms with Crippen molar-refractivity contribution in [1.82, 2.24) is 13.9 Å². The summed E-state index contributed by atoms with van der Waals surface area (Å²) in [7, 11) is -7.04. The predicted molar refractivity (Wildman–Crippen MR) is 143 cm³/mol. The van der Waals surface area contributed by atoms with Crippen LogP contribution in [-0.2, 0) is 35.3 Å². The molecule has 208 valence electrons. The van der Waals surface area contributed by atoms with Gasteiger partial charge in [0, 0.05) is 37.1 Å². The second-order valence-corrected chi connectivity index (χ2v) is 13.5. The first-order valence-electron chi connectivity index (χ1n) is 12.5. The van der Waals surface area contributed by atoms with Gasteiger partial charge in [0.1, 0.15) is 12.4 Å². The van der Waals surface area contributed by atoms with Gasteiger partial charge in [0.2, 0.25) is 26.0 Å². The second-order valence-electron chi connectivity index (χ2n) is 9.18. The summed E-state index contributed by atoms with van der Waals surface area (Å²) in [5, 5.41) is 3.39. The zero-order valence-electron chi connectivity index (χ0n) is 20.9. The quantitative estimate of drug-likeness (QED) is 0.424. The van der Waals surface area contributed by atoms with Crippen LogP contribution in [0.2, 0.25) is 5.02 Å². The minimum Gasteiger partial charge on any atom is -0.492 e. The van der Waals surface area contributed by atoms with Crippen molar-refractivity contribution < 1.29 is 31.1 Å². The molecule has 4 rings (SSSR count). The summed E-state index contributed by atoms with van der Waals surface area (Å²) in [5.74, 6) is 0.00901. The highest BCUT2D eigenvalue weighted by atomic mass is 35.5. The molecule has 0 bridgehead atoms. The third kappa shape index (κ3) is 7.45. The lowest BCUT2D eigenvalue weighted by atomic mass is 9.97. The monoisotopic (exact) mass is 585 g/mol. The van der Waals surface area contributed by atoms with E-state index >= 15 is 0 Å². The van der Waals surface area contributed by atoms with Gasteiger partial charge in [-0.15, -0.1) is 0 Å². The number of amides is 1. The third-order valence-electron chi connectivity index (χ3n) is 6.58. The van der Waals surface area contributed by atoms with Crippen molar-refractivity contribution >= 4 is 37.6 Å². The Morgan fingerprint density at radius 3 is 2.18 bits per heavy atom. The van der Waals surface area contributed by atoms with E-state index in [1.807, 2.05) is 0 Å². The molecule has 13 heteroatoms. The van der Waals surface area contributed by atoms with E-state index in [-0.39, 0.29) is 35.6 Å². The number of hydrogen-bond acceptors (Lipinski definition) is 7. The molecular weight excluding hydrogens is 554 g/mol. The van der Waals surface area contributed by atoms with Crippen molar-refractivity contribution in [2.24, 2.45) is 5.92 Å². The summed E-state index contributed by atoms with van der Waals surface area (Å²) in [6.45, 7) is 2.52. The zero-order valence-corrected chi connectivity index (χ0v) is 23.3. The van der Waals surface area contributed by atoms with E-state index in [9.17, 15) is 21.6 Å². The van der Waals surface area contributed by atoms with E-state index in [0.717, 1.165) is 0 Å². The SMILES string of the molecule is O=C(NCCOc1ccc(S(=O)(=O)N2CCOCC2)cc1)C1CCN(S(=O)(=O)Cc2ccc(Cl)cc2)CC1. The lowest BCUT2D eigenvalue weighted by Gasteiger charge is -2.30. The van der Waals surface area contributed by atoms with Crippen molar-refractivity contribution in [3.8, 4) is 5.75 Å². The van der Waals surface area contributed by atoms with Crippen LogP contribution in [0.5, 0.6) is 5.75 Å². The van der Waals surface area contributed by atoms with E-state index in [4.69, 9.17) is 21.1 Å². The van der Waals surface area contributed by atoms with Gasteiger partial charge in [-0.2, -0.15) is 4.31 Å². The van der Waals surface area contributed by atoms with E-state index in [2.05, 4.69) is 5.32 Å². The first-order valence-corrected chi connectivity index (χ1v) is 15.9. The first-order chi connectivity index (χ1) is 18.1. The smallest absolute Gasteiger partial charge is 0.243 e. The Balaban J connectivity index is 1.17. The van der Waals surface area contributed by atoms with Crippen molar-refractivity contribution in [1.29, 1.82) is 0 Å². The molecule has 2 aromatic carbocycles. The fraction of sp³-hybridized carbons (Fsp3) is 0.480. The molecule has 2 fully saturated rings. The van der Waals surface area contributed by atoms with Gasteiger partial charge in [-0.1, -0.05) is 23.7 Å². The largest absolute Gasteiger partial charge is 0.492 e. The molecule has 2 aliphatic rings. The Bertz CT molecular complexity index is 1290. The molecule has 10 nitrogen and oxygen atoms in total. The molecule has 2 heterocycles. The Morgan fingerprint density at radius 2 is 1.55 bits per heavy atom. The number of halogens is 1. The van der Waals surface area contributed by atoms with E-state index < -0.39 is 20.0 Å². The van der Waals surface area contributed by atoms with Gasteiger partial charge in [0.25, 0.3) is 0 Å². The van der Waals surface area contributed by atoms with Gasteiger partial charge in [0.15, 0.2) is 0 Å². The number of piperidine rings is 1. The topological polar surface area (TPSA) is 122 Å². The maximum Gasteiger partial charge on any atom is 0.243 e. The Morgan fingerprint density at radius 1 is 0.921 bits per heavy atom. The number of sulfonamides is 2. The molecule has 0 atom stereocenters. The van der Waals surface area contributed by atoms with Crippen LogP contribution < -0.4 is 10.1 Å². The Hall–Kier alpha value is -2.22. The fourth-order valence-electron chi connectivity index (χ4n) is 4.41. The van der Waals surface area contributed by atoms with Gasteiger partial charge < -0.3 is 14.8 Å². The molecule has 0 aromatic heterocycles. The Labute approximate surface area is 229 Å². The zero-order chi connectivity index (χ0) is 27.2. The number of nitrogens with zero attached hydrogens (tertiary/aromatic N) is 2. The van der Waals surface area contributed by atoms with E-state index in [0.29, 0.717) is 68.6 Å². The van der Waals surface area contributed by atoms with Crippen LogP contribution in [-0.4, -0.2) is 83.9 Å². The van der Waals surface area contributed by atoms with Crippen LogP contribution >= 0.6 is 11.6 Å². The first kappa shape index (κ1) is 28.8. The summed E-state index contributed by atoms with van der Waals surface area (Å²) in [5.41, 5.74) is 0.669. The van der Waals surface area contributed by atoms with Crippen LogP contribution in [0.4, 0.5) is 0 Å². The van der Waals surface area contributed by atoms with Crippen molar-refractivity contribution in [2.45, 2.75) is 23.5 Å². The number of hydrogen-bond donors (Lipinski definition) is 1. The highest BCUT2D eigenvalue weighted by Gasteiger charge is 2.31. The Kier molecular flexibility index (Phi) is 9.66. The number of carbonyl (C=O) groups excluding carboxylic acids is 1. The highest BCUT2D eigenvalue weighted by molar-refractivity contribution is 7.89. The van der Waals surface area contributed by atoms with Crippen LogP contribution in [0.3, 0.4) is 0 Å². The normalized spacial score (nSPS) is 18.2. The number of carbonyl (C=O) groups is 1. The van der Waals surface area contributed by atoms with E-state index in [1.165, 1.54) is 20.7 Å². The van der Waals surface area contributed by atoms with Crippen molar-refractivity contribution in [3.63, 3.8) is 0 Å². The van der Waals surface area contributed by atoms with Crippen LogP contribution in [0.1, 0.15) is 18.4 Å². The molecule has 0 saturated carbocycles. The number of rotatable bonds is 10. The number of nitrogens with one attached hydrogen (secondary N) is 1. The highest BCUT2D eigenvalue weighted by Crippen LogP contribution is 2.23. The van der Waals surface area contributed by atoms with Crippen LogP contribution in [0, 0.1) is 5.92 Å². The van der Waals surface area contributed by atoms with Crippen molar-refractivity contribution in [2.75, 3.05) is 52.5 Å². The molecule has 2 aromatic rings. The molecule has 0 spiro atoms. The van der Waals surface area contributed by atoms with Gasteiger partial charge in [-0.25, -0.2) is 21.1 Å². The lowest BCUT2D eigenvalue weighted by Crippen LogP contribution is -2.43. The maximum atomic E-state index is 12.8. The average molecular weight is 586 g/mol. The molecular formula is C25H32ClN3O7S2. The van der Waals surface area contributed by atoms with E-state index in [1.54, 1.807) is 36.4 Å². The fourth-order valence-corrected chi connectivity index (χ4v) is 7.51. The van der Waals surface area contributed by atoms with Crippen LogP contribution in [0.15, 0.2) is 53.4 Å². The molecule has 1 N–H and O–H groups in total. The van der Waals surface area contributed by atoms with Crippen molar-refractivity contribution in [3.05, 3.63) is 59.1 Å². The lowest BCUT2D eigenvalue weighted by molar-refractivity contribution is -0.126. The summed E-state index contributed by atoms with van der Waals surface area (Å²) in [6.07, 6.45) is 0.900. The maximum absolute atomic E-state index is 12.8. The molecule has 38 heavy (non-hydrogen) atoms. The number of morpholine rings is 1. The molecule has 0 aliphatic carbocycles. The second kappa shape index (κ2) is 12.8.